The van der Waals surface area contributed by atoms with Crippen LogP contribution >= 0.6 is 23.1 Å². The minimum atomic E-state index is -0.0684. The lowest BCUT2D eigenvalue weighted by atomic mass is 10.3. The van der Waals surface area contributed by atoms with E-state index in [2.05, 4.69) is 20.3 Å². The largest absolute Gasteiger partial charge is 0.315 e. The van der Waals surface area contributed by atoms with E-state index >= 15 is 0 Å². The quantitative estimate of drug-likeness (QED) is 0.559. The van der Waals surface area contributed by atoms with E-state index in [4.69, 9.17) is 0 Å². The zero-order valence-electron chi connectivity index (χ0n) is 12.0. The lowest BCUT2D eigenvalue weighted by Gasteiger charge is -1.97. The summed E-state index contributed by atoms with van der Waals surface area (Å²) in [5.74, 6) is 0.250. The van der Waals surface area contributed by atoms with E-state index in [0.717, 1.165) is 26.4 Å². The van der Waals surface area contributed by atoms with Crippen LogP contribution in [-0.4, -0.2) is 21.6 Å². The molecule has 0 bridgehead atoms. The predicted octanol–water partition coefficient (Wildman–Crippen LogP) is 3.32. The number of benzene rings is 2. The van der Waals surface area contributed by atoms with Gasteiger partial charge in [-0.2, -0.15) is 0 Å². The Morgan fingerprint density at radius 2 is 2.04 bits per heavy atom. The molecule has 4 aromatic rings. The Hall–Kier alpha value is -2.38. The van der Waals surface area contributed by atoms with E-state index in [1.165, 1.54) is 23.1 Å². The van der Waals surface area contributed by atoms with Crippen molar-refractivity contribution in [3.63, 3.8) is 0 Å². The van der Waals surface area contributed by atoms with Gasteiger partial charge in [0.25, 0.3) is 0 Å². The van der Waals surface area contributed by atoms with Crippen LogP contribution in [0.3, 0.4) is 0 Å². The number of fused-ring (bicyclic) bond motifs is 2. The van der Waals surface area contributed by atoms with Gasteiger partial charge in [0.1, 0.15) is 0 Å². The molecule has 0 spiro atoms. The SMILES string of the molecule is O=C(CSc1[nH]c2ccccc2[nH+]1)Nc1nc2ccccc2s1. The second-order valence-electron chi connectivity index (χ2n) is 4.95. The lowest BCUT2D eigenvalue weighted by Crippen LogP contribution is -2.15. The Morgan fingerprint density at radius 3 is 2.91 bits per heavy atom. The number of nitrogens with one attached hydrogen (secondary N) is 3. The second-order valence-corrected chi connectivity index (χ2v) is 6.96. The van der Waals surface area contributed by atoms with Crippen LogP contribution in [0, 0.1) is 0 Å². The third-order valence-corrected chi connectivity index (χ3v) is 5.16. The summed E-state index contributed by atoms with van der Waals surface area (Å²) in [5.41, 5.74) is 2.97. The number of hydrogen-bond acceptors (Lipinski definition) is 4. The predicted molar refractivity (Wildman–Crippen MR) is 93.8 cm³/mol. The number of carbonyl (C=O) groups is 1. The third-order valence-electron chi connectivity index (χ3n) is 3.31. The average molecular weight is 341 g/mol. The molecule has 0 unspecified atom stereocenters. The topological polar surface area (TPSA) is 71.9 Å². The second kappa shape index (κ2) is 6.02. The summed E-state index contributed by atoms with van der Waals surface area (Å²) >= 11 is 2.92. The number of imidazole rings is 1. The van der Waals surface area contributed by atoms with Gasteiger partial charge in [-0.05, 0) is 36.0 Å². The van der Waals surface area contributed by atoms with Crippen molar-refractivity contribution in [2.45, 2.75) is 5.16 Å². The summed E-state index contributed by atoms with van der Waals surface area (Å²) in [4.78, 5) is 23.0. The molecule has 0 radical (unpaired) electrons. The molecule has 4 rings (SSSR count). The highest BCUT2D eigenvalue weighted by Crippen LogP contribution is 2.25. The van der Waals surface area contributed by atoms with Gasteiger partial charge < -0.3 is 5.32 Å². The van der Waals surface area contributed by atoms with Gasteiger partial charge in [-0.15, -0.1) is 0 Å². The first kappa shape index (κ1) is 14.2. The number of amides is 1. The fourth-order valence-electron chi connectivity index (χ4n) is 2.27. The van der Waals surface area contributed by atoms with Gasteiger partial charge in [0.05, 0.1) is 16.0 Å². The van der Waals surface area contributed by atoms with E-state index in [-0.39, 0.29) is 5.91 Å². The maximum atomic E-state index is 12.1. The Balaban J connectivity index is 1.41. The van der Waals surface area contributed by atoms with Crippen LogP contribution in [0.25, 0.3) is 21.3 Å². The lowest BCUT2D eigenvalue weighted by molar-refractivity contribution is -0.396. The molecule has 1 amide bonds. The number of H-pyrrole nitrogens is 2. The van der Waals surface area contributed by atoms with E-state index in [9.17, 15) is 4.79 Å². The van der Waals surface area contributed by atoms with Crippen LogP contribution < -0.4 is 10.3 Å². The van der Waals surface area contributed by atoms with Crippen molar-refractivity contribution in [3.05, 3.63) is 48.5 Å². The molecule has 3 N–H and O–H groups in total. The van der Waals surface area contributed by atoms with Gasteiger partial charge in [0.15, 0.2) is 16.2 Å². The van der Waals surface area contributed by atoms with Crippen LogP contribution in [0.4, 0.5) is 5.13 Å². The van der Waals surface area contributed by atoms with Crippen LogP contribution in [0.1, 0.15) is 0 Å². The normalized spacial score (nSPS) is 11.1. The van der Waals surface area contributed by atoms with Crippen molar-refractivity contribution >= 4 is 55.4 Å². The molecule has 2 heterocycles. The van der Waals surface area contributed by atoms with Crippen molar-refractivity contribution in [1.82, 2.24) is 9.97 Å². The number of aromatic amines is 2. The summed E-state index contributed by atoms with van der Waals surface area (Å²) in [7, 11) is 0. The highest BCUT2D eigenvalue weighted by atomic mass is 32.2. The first-order valence-corrected chi connectivity index (χ1v) is 8.86. The molecule has 2 aromatic heterocycles. The number of carbonyl (C=O) groups excluding carboxylic acids is 1. The molecule has 0 aliphatic rings. The number of hydrogen-bond donors (Lipinski definition) is 2. The molecule has 7 heteroatoms. The Bertz CT molecular complexity index is 926. The molecule has 0 fully saturated rings. The third kappa shape index (κ3) is 3.06. The van der Waals surface area contributed by atoms with Gasteiger partial charge in [-0.25, -0.2) is 15.0 Å². The average Bonchev–Trinajstić information content (AvgIpc) is 3.15. The number of thiazole rings is 1. The molecular weight excluding hydrogens is 328 g/mol. The van der Waals surface area contributed by atoms with Gasteiger partial charge in [-0.3, -0.25) is 4.79 Å². The number of anilines is 1. The van der Waals surface area contributed by atoms with E-state index in [1.807, 2.05) is 48.5 Å². The summed E-state index contributed by atoms with van der Waals surface area (Å²) in [6.07, 6.45) is 0. The first-order chi connectivity index (χ1) is 11.3. The maximum Gasteiger partial charge on any atom is 0.315 e. The van der Waals surface area contributed by atoms with Gasteiger partial charge in [0, 0.05) is 0 Å². The summed E-state index contributed by atoms with van der Waals surface area (Å²) < 4.78 is 1.07. The molecule has 0 saturated heterocycles. The summed E-state index contributed by atoms with van der Waals surface area (Å²) in [6.45, 7) is 0. The molecule has 2 aromatic carbocycles. The molecule has 0 aliphatic carbocycles. The highest BCUT2D eigenvalue weighted by Gasteiger charge is 2.13. The minimum absolute atomic E-state index is 0.0684. The van der Waals surface area contributed by atoms with Crippen LogP contribution in [0.15, 0.2) is 53.7 Å². The van der Waals surface area contributed by atoms with Gasteiger partial charge in [0.2, 0.25) is 5.91 Å². The van der Waals surface area contributed by atoms with Gasteiger partial charge >= 0.3 is 5.16 Å². The van der Waals surface area contributed by atoms with Crippen LogP contribution in [0.2, 0.25) is 0 Å². The van der Waals surface area contributed by atoms with E-state index < -0.39 is 0 Å². The van der Waals surface area contributed by atoms with Crippen LogP contribution in [-0.2, 0) is 4.79 Å². The number of thioether (sulfide) groups is 1. The summed E-state index contributed by atoms with van der Waals surface area (Å²) in [6, 6.07) is 15.8. The smallest absolute Gasteiger partial charge is 0.301 e. The monoisotopic (exact) mass is 341 g/mol. The Kier molecular flexibility index (Phi) is 3.72. The van der Waals surface area contributed by atoms with Crippen molar-refractivity contribution < 1.29 is 9.78 Å². The standard InChI is InChI=1S/C16H12N4OS2/c21-14(20-16-19-12-7-3-4-8-13(12)23-16)9-22-15-17-10-5-1-2-6-11(10)18-15/h1-8H,9H2,(H,17,18)(H,19,20,21)/p+1. The maximum absolute atomic E-state index is 12.1. The Morgan fingerprint density at radius 1 is 1.22 bits per heavy atom. The van der Waals surface area contributed by atoms with Crippen molar-refractivity contribution in [3.8, 4) is 0 Å². The zero-order valence-corrected chi connectivity index (χ0v) is 13.6. The van der Waals surface area contributed by atoms with Crippen molar-refractivity contribution in [2.75, 3.05) is 11.1 Å². The Labute approximate surface area is 140 Å². The van der Waals surface area contributed by atoms with E-state index in [0.29, 0.717) is 10.9 Å². The molecular formula is C16H13N4OS2+. The number of aromatic nitrogens is 3. The minimum Gasteiger partial charge on any atom is -0.301 e. The molecule has 23 heavy (non-hydrogen) atoms. The molecule has 0 saturated carbocycles. The summed E-state index contributed by atoms with van der Waals surface area (Å²) in [5, 5.41) is 4.36. The van der Waals surface area contributed by atoms with Crippen molar-refractivity contribution in [2.24, 2.45) is 0 Å². The zero-order chi connectivity index (χ0) is 15.6. The molecule has 0 aliphatic heterocycles. The molecule has 114 valence electrons. The fraction of sp³-hybridized carbons (Fsp3) is 0.0625. The first-order valence-electron chi connectivity index (χ1n) is 7.06. The number of rotatable bonds is 4. The van der Waals surface area contributed by atoms with E-state index in [1.54, 1.807) is 0 Å². The van der Waals surface area contributed by atoms with Gasteiger partial charge in [-0.1, -0.05) is 35.6 Å². The highest BCUT2D eigenvalue weighted by molar-refractivity contribution is 7.99. The van der Waals surface area contributed by atoms with Crippen LogP contribution in [0.5, 0.6) is 0 Å². The molecule has 5 nitrogen and oxygen atoms in total. The number of nitrogens with zero attached hydrogens (tertiary/aromatic N) is 1. The number of para-hydroxylation sites is 3. The molecule has 0 atom stereocenters. The van der Waals surface area contributed by atoms with Crippen molar-refractivity contribution in [1.29, 1.82) is 0 Å². The fourth-order valence-corrected chi connectivity index (χ4v) is 3.86.